The van der Waals surface area contributed by atoms with Crippen molar-refractivity contribution >= 4 is 5.91 Å². The minimum atomic E-state index is 0.177. The predicted molar refractivity (Wildman–Crippen MR) is 81.9 cm³/mol. The molecule has 1 saturated heterocycles. The van der Waals surface area contributed by atoms with Crippen molar-refractivity contribution in [1.82, 2.24) is 9.80 Å². The number of hydrogen-bond donors (Lipinski definition) is 0. The summed E-state index contributed by atoms with van der Waals surface area (Å²) >= 11 is 0. The van der Waals surface area contributed by atoms with Crippen molar-refractivity contribution in [2.75, 3.05) is 33.3 Å². The standard InChI is InChI=1S/C14H20N2O2.C2H6/c1-12(17)16-8-6-15(7-9-16)11-13-4-3-5-14(10-13)18-2;1-2/h3-5,10H,6-9,11H2,1-2H3;1-2H3. The third kappa shape index (κ3) is 4.85. The molecule has 1 aromatic rings. The van der Waals surface area contributed by atoms with Crippen LogP contribution < -0.4 is 4.74 Å². The largest absolute Gasteiger partial charge is 0.497 e. The number of ether oxygens (including phenoxy) is 1. The van der Waals surface area contributed by atoms with Gasteiger partial charge in [-0.3, -0.25) is 9.69 Å². The molecule has 1 aromatic carbocycles. The van der Waals surface area contributed by atoms with Crippen LogP contribution in [0.2, 0.25) is 0 Å². The van der Waals surface area contributed by atoms with Gasteiger partial charge in [0, 0.05) is 39.6 Å². The first-order valence-corrected chi connectivity index (χ1v) is 7.30. The number of hydrogen-bond acceptors (Lipinski definition) is 3. The smallest absolute Gasteiger partial charge is 0.219 e. The molecule has 0 bridgehead atoms. The molecule has 0 unspecified atom stereocenters. The Morgan fingerprint density at radius 1 is 1.20 bits per heavy atom. The molecule has 20 heavy (non-hydrogen) atoms. The predicted octanol–water partition coefficient (Wildman–Crippen LogP) is 2.39. The Hall–Kier alpha value is -1.55. The first-order chi connectivity index (χ1) is 9.69. The summed E-state index contributed by atoms with van der Waals surface area (Å²) in [5.41, 5.74) is 1.26. The normalized spacial score (nSPS) is 15.3. The van der Waals surface area contributed by atoms with Gasteiger partial charge in [0.2, 0.25) is 5.91 Å². The maximum atomic E-state index is 11.2. The summed E-state index contributed by atoms with van der Waals surface area (Å²) in [6.07, 6.45) is 0. The molecule has 0 aliphatic carbocycles. The number of methoxy groups -OCH3 is 1. The fourth-order valence-corrected chi connectivity index (χ4v) is 2.25. The van der Waals surface area contributed by atoms with Gasteiger partial charge >= 0.3 is 0 Å². The number of piperazine rings is 1. The van der Waals surface area contributed by atoms with Crippen LogP contribution in [0, 0.1) is 0 Å². The minimum Gasteiger partial charge on any atom is -0.497 e. The molecule has 0 radical (unpaired) electrons. The van der Waals surface area contributed by atoms with Crippen LogP contribution in [0.4, 0.5) is 0 Å². The number of amides is 1. The molecule has 4 heteroatoms. The zero-order chi connectivity index (χ0) is 15.0. The average molecular weight is 278 g/mol. The van der Waals surface area contributed by atoms with Crippen molar-refractivity contribution in [3.05, 3.63) is 29.8 Å². The van der Waals surface area contributed by atoms with Crippen molar-refractivity contribution in [2.45, 2.75) is 27.3 Å². The second-order valence-corrected chi connectivity index (χ2v) is 4.63. The number of carbonyl (C=O) groups excluding carboxylic acids is 1. The van der Waals surface area contributed by atoms with Crippen molar-refractivity contribution < 1.29 is 9.53 Å². The van der Waals surface area contributed by atoms with Crippen LogP contribution in [-0.4, -0.2) is 49.0 Å². The summed E-state index contributed by atoms with van der Waals surface area (Å²) in [6.45, 7) is 10.1. The molecule has 1 amide bonds. The van der Waals surface area contributed by atoms with Gasteiger partial charge in [-0.2, -0.15) is 0 Å². The Bertz CT molecular complexity index is 413. The molecule has 1 heterocycles. The van der Waals surface area contributed by atoms with Gasteiger partial charge in [-0.15, -0.1) is 0 Å². The Balaban J connectivity index is 0.000000956. The topological polar surface area (TPSA) is 32.8 Å². The number of carbonyl (C=O) groups is 1. The number of benzene rings is 1. The minimum absolute atomic E-state index is 0.177. The van der Waals surface area contributed by atoms with E-state index < -0.39 is 0 Å². The lowest BCUT2D eigenvalue weighted by atomic mass is 10.2. The Kier molecular flexibility index (Phi) is 7.09. The van der Waals surface area contributed by atoms with Gasteiger partial charge in [0.1, 0.15) is 5.75 Å². The van der Waals surface area contributed by atoms with Crippen LogP contribution in [0.1, 0.15) is 26.3 Å². The van der Waals surface area contributed by atoms with E-state index in [0.29, 0.717) is 0 Å². The van der Waals surface area contributed by atoms with Crippen LogP contribution >= 0.6 is 0 Å². The van der Waals surface area contributed by atoms with Crippen molar-refractivity contribution in [3.63, 3.8) is 0 Å². The zero-order valence-corrected chi connectivity index (χ0v) is 13.1. The highest BCUT2D eigenvalue weighted by Crippen LogP contribution is 2.15. The van der Waals surface area contributed by atoms with Gasteiger partial charge in [0.05, 0.1) is 7.11 Å². The van der Waals surface area contributed by atoms with E-state index >= 15 is 0 Å². The van der Waals surface area contributed by atoms with E-state index in [1.165, 1.54) is 5.56 Å². The monoisotopic (exact) mass is 278 g/mol. The van der Waals surface area contributed by atoms with E-state index in [1.807, 2.05) is 30.9 Å². The van der Waals surface area contributed by atoms with Crippen molar-refractivity contribution in [2.24, 2.45) is 0 Å². The Morgan fingerprint density at radius 3 is 2.40 bits per heavy atom. The van der Waals surface area contributed by atoms with Gasteiger partial charge in [0.15, 0.2) is 0 Å². The lowest BCUT2D eigenvalue weighted by Crippen LogP contribution is -2.47. The molecule has 0 saturated carbocycles. The zero-order valence-electron chi connectivity index (χ0n) is 13.1. The SMILES string of the molecule is CC.COc1cccc(CN2CCN(C(C)=O)CC2)c1. The van der Waals surface area contributed by atoms with Crippen molar-refractivity contribution in [1.29, 1.82) is 0 Å². The highest BCUT2D eigenvalue weighted by Gasteiger charge is 2.18. The molecule has 0 spiro atoms. The molecule has 2 rings (SSSR count). The van der Waals surface area contributed by atoms with Crippen LogP contribution in [0.25, 0.3) is 0 Å². The molecule has 4 nitrogen and oxygen atoms in total. The Morgan fingerprint density at radius 2 is 1.85 bits per heavy atom. The summed E-state index contributed by atoms with van der Waals surface area (Å²) < 4.78 is 5.22. The number of nitrogens with zero attached hydrogens (tertiary/aromatic N) is 2. The van der Waals surface area contributed by atoms with E-state index in [2.05, 4.69) is 17.0 Å². The molecular weight excluding hydrogens is 252 g/mol. The molecule has 0 aromatic heterocycles. The van der Waals surface area contributed by atoms with Crippen LogP contribution in [0.5, 0.6) is 5.75 Å². The van der Waals surface area contributed by atoms with E-state index in [4.69, 9.17) is 4.74 Å². The van der Waals surface area contributed by atoms with Gasteiger partial charge in [-0.1, -0.05) is 26.0 Å². The first-order valence-electron chi connectivity index (χ1n) is 7.30. The summed E-state index contributed by atoms with van der Waals surface area (Å²) in [4.78, 5) is 15.5. The lowest BCUT2D eigenvalue weighted by molar-refractivity contribution is -0.130. The molecule has 1 aliphatic heterocycles. The quantitative estimate of drug-likeness (QED) is 0.851. The summed E-state index contributed by atoms with van der Waals surface area (Å²) in [7, 11) is 1.69. The molecule has 1 fully saturated rings. The first kappa shape index (κ1) is 16.5. The van der Waals surface area contributed by atoms with E-state index in [1.54, 1.807) is 14.0 Å². The number of rotatable bonds is 3. The summed E-state index contributed by atoms with van der Waals surface area (Å²) in [5, 5.41) is 0. The highest BCUT2D eigenvalue weighted by atomic mass is 16.5. The molecule has 112 valence electrons. The third-order valence-electron chi connectivity index (χ3n) is 3.36. The van der Waals surface area contributed by atoms with Crippen LogP contribution in [0.3, 0.4) is 0 Å². The van der Waals surface area contributed by atoms with Crippen LogP contribution in [0.15, 0.2) is 24.3 Å². The summed E-state index contributed by atoms with van der Waals surface area (Å²) in [6, 6.07) is 8.15. The fourth-order valence-electron chi connectivity index (χ4n) is 2.25. The van der Waals surface area contributed by atoms with E-state index in [-0.39, 0.29) is 5.91 Å². The van der Waals surface area contributed by atoms with Gasteiger partial charge < -0.3 is 9.64 Å². The summed E-state index contributed by atoms with van der Waals surface area (Å²) in [5.74, 6) is 1.07. The fraction of sp³-hybridized carbons (Fsp3) is 0.562. The molecular formula is C16H26N2O2. The molecule has 0 N–H and O–H groups in total. The maximum absolute atomic E-state index is 11.2. The molecule has 0 atom stereocenters. The molecule has 1 aliphatic rings. The van der Waals surface area contributed by atoms with E-state index in [0.717, 1.165) is 38.5 Å². The highest BCUT2D eigenvalue weighted by molar-refractivity contribution is 5.73. The maximum Gasteiger partial charge on any atom is 0.219 e. The average Bonchev–Trinajstić information content (AvgIpc) is 2.50. The van der Waals surface area contributed by atoms with Crippen LogP contribution in [-0.2, 0) is 11.3 Å². The van der Waals surface area contributed by atoms with Crippen molar-refractivity contribution in [3.8, 4) is 5.75 Å². The Labute approximate surface area is 122 Å². The second-order valence-electron chi connectivity index (χ2n) is 4.63. The van der Waals surface area contributed by atoms with E-state index in [9.17, 15) is 4.79 Å². The third-order valence-corrected chi connectivity index (χ3v) is 3.36. The van der Waals surface area contributed by atoms with Gasteiger partial charge in [-0.05, 0) is 17.7 Å². The van der Waals surface area contributed by atoms with Gasteiger partial charge in [-0.25, -0.2) is 0 Å². The second kappa shape index (κ2) is 8.59. The lowest BCUT2D eigenvalue weighted by Gasteiger charge is -2.34. The van der Waals surface area contributed by atoms with Gasteiger partial charge in [0.25, 0.3) is 0 Å².